The predicted molar refractivity (Wildman–Crippen MR) is 71.1 cm³/mol. The molecule has 0 spiro atoms. The zero-order chi connectivity index (χ0) is 13.2. The second kappa shape index (κ2) is 5.05. The van der Waals surface area contributed by atoms with E-state index < -0.39 is 5.97 Å². The van der Waals surface area contributed by atoms with Gasteiger partial charge in [0.1, 0.15) is 0 Å². The highest BCUT2D eigenvalue weighted by molar-refractivity contribution is 7.99. The van der Waals surface area contributed by atoms with Crippen LogP contribution in [0.3, 0.4) is 0 Å². The molecule has 0 aliphatic carbocycles. The molecule has 1 unspecified atom stereocenters. The second-order valence-corrected chi connectivity index (χ2v) is 5.62. The van der Waals surface area contributed by atoms with Gasteiger partial charge < -0.3 is 9.63 Å². The number of carboxylic acid groups (broad SMARTS) is 1. The minimum Gasteiger partial charge on any atom is -0.478 e. The van der Waals surface area contributed by atoms with E-state index in [0.29, 0.717) is 11.4 Å². The van der Waals surface area contributed by atoms with Crippen LogP contribution in [0.1, 0.15) is 34.3 Å². The van der Waals surface area contributed by atoms with Gasteiger partial charge in [0, 0.05) is 0 Å². The summed E-state index contributed by atoms with van der Waals surface area (Å²) in [7, 11) is 0. The molecule has 1 atom stereocenters. The molecule has 1 aliphatic rings. The molecule has 0 radical (unpaired) electrons. The van der Waals surface area contributed by atoms with Gasteiger partial charge >= 0.3 is 5.97 Å². The third kappa shape index (κ3) is 2.35. The first-order valence-corrected chi connectivity index (χ1v) is 7.08. The van der Waals surface area contributed by atoms with Crippen molar-refractivity contribution in [3.63, 3.8) is 0 Å². The van der Waals surface area contributed by atoms with Crippen LogP contribution in [0.25, 0.3) is 11.5 Å². The fraction of sp³-hybridized carbons (Fsp3) is 0.308. The lowest BCUT2D eigenvalue weighted by Crippen LogP contribution is -1.99. The Morgan fingerprint density at radius 3 is 3.00 bits per heavy atom. The van der Waals surface area contributed by atoms with Crippen LogP contribution < -0.4 is 0 Å². The molecule has 19 heavy (non-hydrogen) atoms. The maximum atomic E-state index is 11.2. The highest BCUT2D eigenvalue weighted by atomic mass is 32.2. The molecule has 98 valence electrons. The van der Waals surface area contributed by atoms with E-state index in [-0.39, 0.29) is 16.7 Å². The molecule has 6 heteroatoms. The smallest absolute Gasteiger partial charge is 0.336 e. The summed E-state index contributed by atoms with van der Waals surface area (Å²) in [5.41, 5.74) is 0.647. The first-order valence-electron chi connectivity index (χ1n) is 6.03. The second-order valence-electron chi connectivity index (χ2n) is 4.31. The summed E-state index contributed by atoms with van der Waals surface area (Å²) in [5.74, 6) is 1.06. The van der Waals surface area contributed by atoms with Gasteiger partial charge in [0.25, 0.3) is 5.89 Å². The van der Waals surface area contributed by atoms with Gasteiger partial charge in [-0.2, -0.15) is 16.7 Å². The normalized spacial score (nSPS) is 18.6. The van der Waals surface area contributed by atoms with Gasteiger partial charge in [-0.15, -0.1) is 0 Å². The Kier molecular flexibility index (Phi) is 3.25. The van der Waals surface area contributed by atoms with Crippen molar-refractivity contribution in [3.05, 3.63) is 35.7 Å². The third-order valence-electron chi connectivity index (χ3n) is 3.05. The number of aromatic nitrogens is 2. The first kappa shape index (κ1) is 12.2. The van der Waals surface area contributed by atoms with Crippen LogP contribution in [0.5, 0.6) is 0 Å². The van der Waals surface area contributed by atoms with Crippen LogP contribution in [-0.4, -0.2) is 27.0 Å². The zero-order valence-electron chi connectivity index (χ0n) is 10.1. The Hall–Kier alpha value is -1.82. The number of benzene rings is 1. The molecule has 3 rings (SSSR count). The fourth-order valence-corrected chi connectivity index (χ4v) is 3.31. The van der Waals surface area contributed by atoms with Gasteiger partial charge in [0.05, 0.1) is 16.4 Å². The molecule has 1 fully saturated rings. The Bertz CT molecular complexity index is 605. The van der Waals surface area contributed by atoms with Gasteiger partial charge in [0.2, 0.25) is 0 Å². The molecule has 1 N–H and O–H groups in total. The topological polar surface area (TPSA) is 76.2 Å². The lowest BCUT2D eigenvalue weighted by Gasteiger charge is -2.00. The van der Waals surface area contributed by atoms with Crippen LogP contribution >= 0.6 is 11.8 Å². The summed E-state index contributed by atoms with van der Waals surface area (Å²) in [5, 5.41) is 13.4. The minimum absolute atomic E-state index is 0.178. The number of carbonyl (C=O) groups is 1. The summed E-state index contributed by atoms with van der Waals surface area (Å²) < 4.78 is 5.22. The van der Waals surface area contributed by atoms with Crippen LogP contribution in [0, 0.1) is 0 Å². The fourth-order valence-electron chi connectivity index (χ4n) is 2.11. The SMILES string of the molecule is O=C(O)c1ccccc1-c1nc(C2CCCS2)no1. The Morgan fingerprint density at radius 2 is 2.26 bits per heavy atom. The molecule has 1 aromatic heterocycles. The van der Waals surface area contributed by atoms with E-state index >= 15 is 0 Å². The van der Waals surface area contributed by atoms with Gasteiger partial charge in [-0.1, -0.05) is 17.3 Å². The number of carboxylic acids is 1. The lowest BCUT2D eigenvalue weighted by molar-refractivity contribution is 0.0697. The van der Waals surface area contributed by atoms with E-state index in [9.17, 15) is 4.79 Å². The molecule has 1 aliphatic heterocycles. The number of rotatable bonds is 3. The molecule has 2 aromatic rings. The maximum Gasteiger partial charge on any atom is 0.336 e. The lowest BCUT2D eigenvalue weighted by atomic mass is 10.1. The monoisotopic (exact) mass is 276 g/mol. The summed E-state index contributed by atoms with van der Waals surface area (Å²) in [6.45, 7) is 0. The van der Waals surface area contributed by atoms with Crippen LogP contribution in [-0.2, 0) is 0 Å². The molecule has 0 bridgehead atoms. The molecule has 1 saturated heterocycles. The summed E-state index contributed by atoms with van der Waals surface area (Å²) in [4.78, 5) is 15.5. The van der Waals surface area contributed by atoms with Crippen molar-refractivity contribution in [2.45, 2.75) is 18.1 Å². The summed E-state index contributed by atoms with van der Waals surface area (Å²) >= 11 is 1.81. The standard InChI is InChI=1S/C13H12N2O3S/c16-13(17)9-5-2-1-4-8(9)12-14-11(15-18-12)10-6-3-7-19-10/h1-2,4-5,10H,3,6-7H2,(H,16,17). The number of thioether (sulfide) groups is 1. The average Bonchev–Trinajstić information content (AvgIpc) is 3.09. The van der Waals surface area contributed by atoms with E-state index in [1.165, 1.54) is 6.07 Å². The Labute approximate surface area is 114 Å². The molecule has 2 heterocycles. The van der Waals surface area contributed by atoms with Crippen molar-refractivity contribution in [1.29, 1.82) is 0 Å². The van der Waals surface area contributed by atoms with Crippen molar-refractivity contribution in [2.24, 2.45) is 0 Å². The molecular weight excluding hydrogens is 264 g/mol. The van der Waals surface area contributed by atoms with Gasteiger partial charge in [-0.05, 0) is 30.7 Å². The molecular formula is C13H12N2O3S. The first-order chi connectivity index (χ1) is 9.25. The van der Waals surface area contributed by atoms with E-state index in [0.717, 1.165) is 18.6 Å². The van der Waals surface area contributed by atoms with E-state index in [1.54, 1.807) is 18.2 Å². The van der Waals surface area contributed by atoms with E-state index in [1.807, 2.05) is 11.8 Å². The largest absolute Gasteiger partial charge is 0.478 e. The summed E-state index contributed by atoms with van der Waals surface area (Å²) in [6, 6.07) is 6.65. The van der Waals surface area contributed by atoms with E-state index in [2.05, 4.69) is 10.1 Å². The number of hydrogen-bond donors (Lipinski definition) is 1. The van der Waals surface area contributed by atoms with E-state index in [4.69, 9.17) is 9.63 Å². The molecule has 0 amide bonds. The predicted octanol–water partition coefficient (Wildman–Crippen LogP) is 3.00. The van der Waals surface area contributed by atoms with Crippen LogP contribution in [0.15, 0.2) is 28.8 Å². The minimum atomic E-state index is -0.995. The average molecular weight is 276 g/mol. The zero-order valence-corrected chi connectivity index (χ0v) is 10.9. The van der Waals surface area contributed by atoms with Crippen molar-refractivity contribution in [2.75, 3.05) is 5.75 Å². The van der Waals surface area contributed by atoms with Crippen molar-refractivity contribution >= 4 is 17.7 Å². The Balaban J connectivity index is 1.96. The highest BCUT2D eigenvalue weighted by Gasteiger charge is 2.24. The van der Waals surface area contributed by atoms with Gasteiger partial charge in [-0.3, -0.25) is 0 Å². The molecule has 5 nitrogen and oxygen atoms in total. The van der Waals surface area contributed by atoms with Crippen molar-refractivity contribution in [3.8, 4) is 11.5 Å². The van der Waals surface area contributed by atoms with Gasteiger partial charge in [0.15, 0.2) is 5.82 Å². The third-order valence-corrected chi connectivity index (χ3v) is 4.42. The van der Waals surface area contributed by atoms with Gasteiger partial charge in [-0.25, -0.2) is 4.79 Å². The Morgan fingerprint density at radius 1 is 1.42 bits per heavy atom. The highest BCUT2D eigenvalue weighted by Crippen LogP contribution is 2.39. The molecule has 0 saturated carbocycles. The maximum absolute atomic E-state index is 11.2. The van der Waals surface area contributed by atoms with Crippen LogP contribution in [0.2, 0.25) is 0 Å². The number of aromatic carboxylic acids is 1. The van der Waals surface area contributed by atoms with Crippen LogP contribution in [0.4, 0.5) is 0 Å². The van der Waals surface area contributed by atoms with Crippen molar-refractivity contribution in [1.82, 2.24) is 10.1 Å². The van der Waals surface area contributed by atoms with Crippen molar-refractivity contribution < 1.29 is 14.4 Å². The summed E-state index contributed by atoms with van der Waals surface area (Å²) in [6.07, 6.45) is 2.20. The quantitative estimate of drug-likeness (QED) is 0.928. The number of nitrogens with zero attached hydrogens (tertiary/aromatic N) is 2. The number of hydrogen-bond acceptors (Lipinski definition) is 5. The molecule has 1 aromatic carbocycles.